The molecule has 0 saturated carbocycles. The zero-order chi connectivity index (χ0) is 24.1. The van der Waals surface area contributed by atoms with Crippen LogP contribution < -0.4 is 4.74 Å². The third kappa shape index (κ3) is 4.93. The van der Waals surface area contributed by atoms with Crippen LogP contribution in [0.25, 0.3) is 0 Å². The summed E-state index contributed by atoms with van der Waals surface area (Å²) in [5, 5.41) is 20.3. The lowest BCUT2D eigenvalue weighted by Crippen LogP contribution is -2.00. The number of rotatable bonds is 6. The van der Waals surface area contributed by atoms with Gasteiger partial charge in [0.05, 0.1) is 20.4 Å². The maximum atomic E-state index is 10.1. The van der Waals surface area contributed by atoms with E-state index in [1.54, 1.807) is 0 Å². The van der Waals surface area contributed by atoms with Gasteiger partial charge in [0.1, 0.15) is 23.5 Å². The van der Waals surface area contributed by atoms with E-state index in [0.29, 0.717) is 21.3 Å². The van der Waals surface area contributed by atoms with Crippen LogP contribution in [-0.4, -0.2) is 0 Å². The first-order valence-electron chi connectivity index (χ1n) is 10.4. The Hall–Kier alpha value is -3.35. The maximum Gasteiger partial charge on any atom is 0.161 e. The summed E-state index contributed by atoms with van der Waals surface area (Å²) in [6.07, 6.45) is 0. The number of aryl methyl sites for hydroxylation is 1. The molecule has 0 saturated heterocycles. The van der Waals surface area contributed by atoms with Gasteiger partial charge in [-0.05, 0) is 55.3 Å². The van der Waals surface area contributed by atoms with Crippen molar-refractivity contribution in [1.29, 1.82) is 10.5 Å². The van der Waals surface area contributed by atoms with Crippen LogP contribution in [-0.2, 0) is 0 Å². The highest BCUT2D eigenvalue weighted by atomic mass is 35.5. The highest BCUT2D eigenvalue weighted by Gasteiger charge is 2.27. The summed E-state index contributed by atoms with van der Waals surface area (Å²) < 4.78 is 6.42. The van der Waals surface area contributed by atoms with Crippen LogP contribution in [0.1, 0.15) is 22.3 Å². The molecule has 34 heavy (non-hydrogen) atoms. The van der Waals surface area contributed by atoms with Crippen LogP contribution in [0.15, 0.2) is 98.4 Å². The average molecular weight is 499 g/mol. The molecule has 0 aliphatic heterocycles. The van der Waals surface area contributed by atoms with Crippen LogP contribution in [0.2, 0.25) is 5.02 Å². The van der Waals surface area contributed by atoms with Crippen molar-refractivity contribution in [3.8, 4) is 23.6 Å². The van der Waals surface area contributed by atoms with Gasteiger partial charge in [0.25, 0.3) is 0 Å². The van der Waals surface area contributed by atoms with E-state index >= 15 is 0 Å². The van der Waals surface area contributed by atoms with E-state index in [-0.39, 0.29) is 16.1 Å². The molecule has 4 aromatic rings. The van der Waals surface area contributed by atoms with Gasteiger partial charge < -0.3 is 4.74 Å². The molecule has 0 heterocycles. The molecular weight excluding hydrogens is 480 g/mol. The van der Waals surface area contributed by atoms with Gasteiger partial charge in [0, 0.05) is 9.79 Å². The van der Waals surface area contributed by atoms with Gasteiger partial charge >= 0.3 is 0 Å². The summed E-state index contributed by atoms with van der Waals surface area (Å²) in [5.74, 6) is 0.970. The van der Waals surface area contributed by atoms with Crippen LogP contribution in [0.5, 0.6) is 11.5 Å². The molecule has 4 aromatic carbocycles. The molecule has 3 nitrogen and oxygen atoms in total. The van der Waals surface area contributed by atoms with E-state index in [4.69, 9.17) is 16.3 Å². The van der Waals surface area contributed by atoms with Crippen molar-refractivity contribution >= 4 is 35.1 Å². The number of nitriles is 2. The van der Waals surface area contributed by atoms with E-state index < -0.39 is 0 Å². The van der Waals surface area contributed by atoms with Gasteiger partial charge in [-0.2, -0.15) is 10.5 Å². The Bertz CT molecular complexity index is 1430. The number of halogens is 1. The Morgan fingerprint density at radius 2 is 1.26 bits per heavy atom. The third-order valence-corrected chi connectivity index (χ3v) is 8.07. The number of ether oxygens (including phenoxy) is 1. The van der Waals surface area contributed by atoms with Crippen LogP contribution in [0, 0.1) is 36.5 Å². The Morgan fingerprint density at radius 1 is 0.706 bits per heavy atom. The second-order valence-electron chi connectivity index (χ2n) is 7.41. The summed E-state index contributed by atoms with van der Waals surface area (Å²) >= 11 is 9.69. The van der Waals surface area contributed by atoms with E-state index in [2.05, 4.69) is 12.1 Å². The summed E-state index contributed by atoms with van der Waals surface area (Å²) in [4.78, 5) is 3.30. The smallest absolute Gasteiger partial charge is 0.161 e. The van der Waals surface area contributed by atoms with Crippen molar-refractivity contribution in [2.45, 2.75) is 33.4 Å². The second-order valence-corrected chi connectivity index (χ2v) is 9.95. The molecule has 0 N–H and O–H groups in total. The van der Waals surface area contributed by atoms with Gasteiger partial charge in [-0.1, -0.05) is 83.7 Å². The molecule has 0 fully saturated rings. The number of nitrogens with zero attached hydrogens (tertiary/aromatic N) is 2. The van der Waals surface area contributed by atoms with Gasteiger partial charge in [0.2, 0.25) is 0 Å². The van der Waals surface area contributed by atoms with Crippen molar-refractivity contribution < 1.29 is 4.74 Å². The topological polar surface area (TPSA) is 56.8 Å². The fourth-order valence-corrected chi connectivity index (χ4v) is 5.82. The largest absolute Gasteiger partial charge is 0.454 e. The number of benzene rings is 4. The normalized spacial score (nSPS) is 10.4. The Kier molecular flexibility index (Phi) is 7.50. The first kappa shape index (κ1) is 23.8. The lowest BCUT2D eigenvalue weighted by atomic mass is 10.1. The van der Waals surface area contributed by atoms with E-state index in [1.165, 1.54) is 23.5 Å². The number of hydrogen-bond donors (Lipinski definition) is 0. The Balaban J connectivity index is 2.00. The van der Waals surface area contributed by atoms with Crippen LogP contribution in [0.4, 0.5) is 0 Å². The summed E-state index contributed by atoms with van der Waals surface area (Å²) in [6, 6.07) is 29.7. The summed E-state index contributed by atoms with van der Waals surface area (Å²) in [7, 11) is 0. The molecule has 0 aromatic heterocycles. The van der Waals surface area contributed by atoms with E-state index in [1.807, 2.05) is 92.7 Å². The lowest BCUT2D eigenvalue weighted by molar-refractivity contribution is 0.462. The third-order valence-electron chi connectivity index (χ3n) is 5.23. The molecule has 0 unspecified atom stereocenters. The van der Waals surface area contributed by atoms with Crippen LogP contribution in [0.3, 0.4) is 0 Å². The van der Waals surface area contributed by atoms with Crippen molar-refractivity contribution in [1.82, 2.24) is 0 Å². The first-order valence-corrected chi connectivity index (χ1v) is 12.4. The minimum absolute atomic E-state index is 0.111. The Labute approximate surface area is 213 Å². The van der Waals surface area contributed by atoms with E-state index in [0.717, 1.165) is 20.9 Å². The standard InChI is InChI=1S/C28H19ClN2OS2/c1-18-10-9-15-24(19(18)2)32-26-23(17-31)22(16-30)25(29)27(33-20-11-5-3-6-12-20)28(26)34-21-13-7-4-8-14-21/h3-15H,1-2H3. The molecule has 0 aliphatic carbocycles. The SMILES string of the molecule is Cc1cccc(Oc2c(C#N)c(C#N)c(Cl)c(Sc3ccccc3)c2Sc2ccccc2)c1C. The molecule has 0 aliphatic rings. The van der Waals surface area contributed by atoms with Crippen molar-refractivity contribution in [3.05, 3.63) is 106 Å². The van der Waals surface area contributed by atoms with Crippen molar-refractivity contribution in [3.63, 3.8) is 0 Å². The molecule has 166 valence electrons. The molecule has 0 radical (unpaired) electrons. The van der Waals surface area contributed by atoms with E-state index in [9.17, 15) is 10.5 Å². The molecular formula is C28H19ClN2OS2. The zero-order valence-electron chi connectivity index (χ0n) is 18.5. The minimum atomic E-state index is 0.111. The summed E-state index contributed by atoms with van der Waals surface area (Å²) in [5.41, 5.74) is 2.28. The second kappa shape index (κ2) is 10.7. The zero-order valence-corrected chi connectivity index (χ0v) is 20.9. The first-order chi connectivity index (χ1) is 16.5. The molecule has 4 rings (SSSR count). The molecule has 0 bridgehead atoms. The highest BCUT2D eigenvalue weighted by molar-refractivity contribution is 8.02. The minimum Gasteiger partial charge on any atom is -0.454 e. The van der Waals surface area contributed by atoms with Gasteiger partial charge in [-0.15, -0.1) is 0 Å². The predicted octanol–water partition coefficient (Wildman–Crippen LogP) is 8.79. The van der Waals surface area contributed by atoms with Gasteiger partial charge in [-0.25, -0.2) is 0 Å². The quantitative estimate of drug-likeness (QED) is 0.266. The molecule has 0 atom stereocenters. The Morgan fingerprint density at radius 3 is 1.82 bits per heavy atom. The van der Waals surface area contributed by atoms with Crippen molar-refractivity contribution in [2.24, 2.45) is 0 Å². The fourth-order valence-electron chi connectivity index (χ4n) is 3.30. The molecule has 0 amide bonds. The van der Waals surface area contributed by atoms with Gasteiger partial charge in [-0.3, -0.25) is 0 Å². The lowest BCUT2D eigenvalue weighted by Gasteiger charge is -2.20. The molecule has 6 heteroatoms. The van der Waals surface area contributed by atoms with Crippen LogP contribution >= 0.6 is 35.1 Å². The average Bonchev–Trinajstić information content (AvgIpc) is 2.86. The van der Waals surface area contributed by atoms with Gasteiger partial charge in [0.15, 0.2) is 5.75 Å². The summed E-state index contributed by atoms with van der Waals surface area (Å²) in [6.45, 7) is 3.98. The highest BCUT2D eigenvalue weighted by Crippen LogP contribution is 2.51. The maximum absolute atomic E-state index is 10.1. The fraction of sp³-hybridized carbons (Fsp3) is 0.0714. The monoisotopic (exact) mass is 498 g/mol. The number of hydrogen-bond acceptors (Lipinski definition) is 5. The van der Waals surface area contributed by atoms with Crippen molar-refractivity contribution in [2.75, 3.05) is 0 Å². The predicted molar refractivity (Wildman–Crippen MR) is 138 cm³/mol. The molecule has 0 spiro atoms.